The van der Waals surface area contributed by atoms with E-state index in [4.69, 9.17) is 9.47 Å². The zero-order chi connectivity index (χ0) is 13.4. The fourth-order valence-electron chi connectivity index (χ4n) is 1.53. The molecule has 0 fully saturated rings. The largest absolute Gasteiger partial charge is 0.480 e. The summed E-state index contributed by atoms with van der Waals surface area (Å²) in [5.41, 5.74) is 0. The molecule has 0 radical (unpaired) electrons. The Bertz CT molecular complexity index is 365. The third-order valence-electron chi connectivity index (χ3n) is 2.26. The van der Waals surface area contributed by atoms with Crippen LogP contribution >= 0.6 is 0 Å². The number of nitrogens with zero attached hydrogens (tertiary/aromatic N) is 2. The molecule has 0 bridgehead atoms. The molecule has 0 saturated heterocycles. The van der Waals surface area contributed by atoms with Crippen LogP contribution in [-0.2, 0) is 16.1 Å². The summed E-state index contributed by atoms with van der Waals surface area (Å²) in [7, 11) is 1.60. The van der Waals surface area contributed by atoms with Crippen molar-refractivity contribution in [2.24, 2.45) is 0 Å². The van der Waals surface area contributed by atoms with Gasteiger partial charge in [-0.1, -0.05) is 6.92 Å². The number of aryl methyl sites for hydroxylation is 1. The standard InChI is InChI=1S/C12H21N3O3/c1-4-5-15-7-11(6-13-15)18-9-12(16)14-10(2)8-17-3/h6-7,10H,4-5,8-9H2,1-3H3,(H,14,16). The molecule has 1 unspecified atom stereocenters. The number of amides is 1. The van der Waals surface area contributed by atoms with Gasteiger partial charge >= 0.3 is 0 Å². The lowest BCUT2D eigenvalue weighted by Gasteiger charge is -2.12. The van der Waals surface area contributed by atoms with Crippen molar-refractivity contribution in [3.05, 3.63) is 12.4 Å². The van der Waals surface area contributed by atoms with E-state index < -0.39 is 0 Å². The predicted molar refractivity (Wildman–Crippen MR) is 67.5 cm³/mol. The van der Waals surface area contributed by atoms with Gasteiger partial charge in [-0.15, -0.1) is 0 Å². The molecule has 0 aliphatic heterocycles. The Labute approximate surface area is 107 Å². The first kappa shape index (κ1) is 14.5. The van der Waals surface area contributed by atoms with Crippen LogP contribution in [0.3, 0.4) is 0 Å². The van der Waals surface area contributed by atoms with Gasteiger partial charge in [-0.05, 0) is 13.3 Å². The number of carbonyl (C=O) groups excluding carboxylic acids is 1. The Morgan fingerprint density at radius 2 is 2.39 bits per heavy atom. The zero-order valence-electron chi connectivity index (χ0n) is 11.2. The van der Waals surface area contributed by atoms with Gasteiger partial charge in [-0.2, -0.15) is 5.10 Å². The number of carbonyl (C=O) groups is 1. The lowest BCUT2D eigenvalue weighted by Crippen LogP contribution is -2.38. The molecule has 0 aliphatic rings. The first-order valence-electron chi connectivity index (χ1n) is 6.09. The third kappa shape index (κ3) is 5.18. The molecule has 0 spiro atoms. The van der Waals surface area contributed by atoms with Crippen molar-refractivity contribution in [3.8, 4) is 5.75 Å². The molecule has 1 atom stereocenters. The van der Waals surface area contributed by atoms with Crippen LogP contribution in [0.1, 0.15) is 20.3 Å². The highest BCUT2D eigenvalue weighted by atomic mass is 16.5. The van der Waals surface area contributed by atoms with Crippen LogP contribution in [-0.4, -0.2) is 42.1 Å². The molecule has 18 heavy (non-hydrogen) atoms. The molecule has 1 heterocycles. The maximum absolute atomic E-state index is 11.5. The summed E-state index contributed by atoms with van der Waals surface area (Å²) in [6.07, 6.45) is 4.41. The van der Waals surface area contributed by atoms with Crippen LogP contribution in [0.15, 0.2) is 12.4 Å². The quantitative estimate of drug-likeness (QED) is 0.747. The highest BCUT2D eigenvalue weighted by Gasteiger charge is 2.08. The van der Waals surface area contributed by atoms with E-state index in [0.29, 0.717) is 12.4 Å². The molecule has 1 aromatic rings. The summed E-state index contributed by atoms with van der Waals surface area (Å²) in [5, 5.41) is 6.88. The number of hydrogen-bond donors (Lipinski definition) is 1. The van der Waals surface area contributed by atoms with E-state index in [0.717, 1.165) is 13.0 Å². The van der Waals surface area contributed by atoms with Gasteiger partial charge in [0.25, 0.3) is 5.91 Å². The summed E-state index contributed by atoms with van der Waals surface area (Å²) in [6.45, 7) is 5.28. The Morgan fingerprint density at radius 3 is 3.06 bits per heavy atom. The highest BCUT2D eigenvalue weighted by molar-refractivity contribution is 5.77. The Hall–Kier alpha value is -1.56. The van der Waals surface area contributed by atoms with Gasteiger partial charge in [0, 0.05) is 19.7 Å². The first-order valence-corrected chi connectivity index (χ1v) is 6.09. The first-order chi connectivity index (χ1) is 8.65. The van der Waals surface area contributed by atoms with E-state index in [1.165, 1.54) is 0 Å². The van der Waals surface area contributed by atoms with Gasteiger partial charge in [-0.3, -0.25) is 9.48 Å². The fraction of sp³-hybridized carbons (Fsp3) is 0.667. The van der Waals surface area contributed by atoms with Gasteiger partial charge < -0.3 is 14.8 Å². The Morgan fingerprint density at radius 1 is 1.61 bits per heavy atom. The van der Waals surface area contributed by atoms with Crippen molar-refractivity contribution < 1.29 is 14.3 Å². The Kier molecular flexibility index (Phi) is 6.21. The molecule has 102 valence electrons. The summed E-state index contributed by atoms with van der Waals surface area (Å²) < 4.78 is 12.1. The van der Waals surface area contributed by atoms with E-state index in [2.05, 4.69) is 17.3 Å². The van der Waals surface area contributed by atoms with E-state index in [9.17, 15) is 4.79 Å². The summed E-state index contributed by atoms with van der Waals surface area (Å²) in [4.78, 5) is 11.5. The molecule has 0 aliphatic carbocycles. The van der Waals surface area contributed by atoms with Crippen molar-refractivity contribution in [2.45, 2.75) is 32.9 Å². The molecule has 6 nitrogen and oxygen atoms in total. The normalized spacial score (nSPS) is 12.2. The zero-order valence-corrected chi connectivity index (χ0v) is 11.2. The van der Waals surface area contributed by atoms with Crippen molar-refractivity contribution in [3.63, 3.8) is 0 Å². The van der Waals surface area contributed by atoms with Gasteiger partial charge in [-0.25, -0.2) is 0 Å². The molecule has 6 heteroatoms. The second kappa shape index (κ2) is 7.71. The second-order valence-corrected chi connectivity index (χ2v) is 4.15. The number of hydrogen-bond acceptors (Lipinski definition) is 4. The lowest BCUT2D eigenvalue weighted by atomic mass is 10.3. The molecule has 0 saturated carbocycles. The minimum Gasteiger partial charge on any atom is -0.480 e. The second-order valence-electron chi connectivity index (χ2n) is 4.15. The van der Waals surface area contributed by atoms with Gasteiger partial charge in [0.15, 0.2) is 12.4 Å². The SMILES string of the molecule is CCCn1cc(OCC(=O)NC(C)COC)cn1. The van der Waals surface area contributed by atoms with Gasteiger partial charge in [0.05, 0.1) is 19.0 Å². The van der Waals surface area contributed by atoms with Crippen molar-refractivity contribution >= 4 is 5.91 Å². The van der Waals surface area contributed by atoms with Crippen LogP contribution in [0.2, 0.25) is 0 Å². The smallest absolute Gasteiger partial charge is 0.258 e. The van der Waals surface area contributed by atoms with E-state index >= 15 is 0 Å². The number of ether oxygens (including phenoxy) is 2. The summed E-state index contributed by atoms with van der Waals surface area (Å²) >= 11 is 0. The molecular weight excluding hydrogens is 234 g/mol. The highest BCUT2D eigenvalue weighted by Crippen LogP contribution is 2.08. The summed E-state index contributed by atoms with van der Waals surface area (Å²) in [5.74, 6) is 0.445. The average molecular weight is 255 g/mol. The fourth-order valence-corrected chi connectivity index (χ4v) is 1.53. The minimum atomic E-state index is -0.164. The van der Waals surface area contributed by atoms with Crippen LogP contribution in [0, 0.1) is 0 Å². The molecule has 1 rings (SSSR count). The van der Waals surface area contributed by atoms with Crippen LogP contribution in [0.25, 0.3) is 0 Å². The van der Waals surface area contributed by atoms with E-state index in [1.54, 1.807) is 24.2 Å². The van der Waals surface area contributed by atoms with Crippen LogP contribution in [0.4, 0.5) is 0 Å². The lowest BCUT2D eigenvalue weighted by molar-refractivity contribution is -0.124. The average Bonchev–Trinajstić information content (AvgIpc) is 2.75. The molecule has 1 aromatic heterocycles. The molecule has 1 amide bonds. The maximum Gasteiger partial charge on any atom is 0.258 e. The monoisotopic (exact) mass is 255 g/mol. The number of methoxy groups -OCH3 is 1. The molecule has 0 aromatic carbocycles. The maximum atomic E-state index is 11.5. The van der Waals surface area contributed by atoms with Crippen LogP contribution in [0.5, 0.6) is 5.75 Å². The summed E-state index contributed by atoms with van der Waals surface area (Å²) in [6, 6.07) is -0.0195. The third-order valence-corrected chi connectivity index (χ3v) is 2.26. The number of aromatic nitrogens is 2. The van der Waals surface area contributed by atoms with Crippen molar-refractivity contribution in [1.82, 2.24) is 15.1 Å². The number of rotatable bonds is 8. The van der Waals surface area contributed by atoms with E-state index in [1.807, 2.05) is 6.92 Å². The Balaban J connectivity index is 2.28. The number of nitrogens with one attached hydrogen (secondary N) is 1. The van der Waals surface area contributed by atoms with Crippen molar-refractivity contribution in [2.75, 3.05) is 20.3 Å². The molecular formula is C12H21N3O3. The molecule has 1 N–H and O–H groups in total. The van der Waals surface area contributed by atoms with Gasteiger partial charge in [0.2, 0.25) is 0 Å². The van der Waals surface area contributed by atoms with Crippen molar-refractivity contribution in [1.29, 1.82) is 0 Å². The predicted octanol–water partition coefficient (Wildman–Crippen LogP) is 0.823. The minimum absolute atomic E-state index is 0.00806. The van der Waals surface area contributed by atoms with E-state index in [-0.39, 0.29) is 18.6 Å². The van der Waals surface area contributed by atoms with Crippen LogP contribution < -0.4 is 10.1 Å². The van der Waals surface area contributed by atoms with Gasteiger partial charge in [0.1, 0.15) is 0 Å². The topological polar surface area (TPSA) is 65.4 Å².